The Labute approximate surface area is 144 Å². The molecule has 0 bridgehead atoms. The minimum absolute atomic E-state index is 0.0252. The summed E-state index contributed by atoms with van der Waals surface area (Å²) in [4.78, 5) is 25.7. The molecule has 1 aliphatic heterocycles. The maximum absolute atomic E-state index is 12.3. The molecule has 1 unspecified atom stereocenters. The van der Waals surface area contributed by atoms with E-state index in [1.54, 1.807) is 42.2 Å². The fourth-order valence-corrected chi connectivity index (χ4v) is 2.86. The summed E-state index contributed by atoms with van der Waals surface area (Å²) in [5.74, 6) is -0.206. The number of piperazine rings is 1. The summed E-state index contributed by atoms with van der Waals surface area (Å²) in [6.07, 6.45) is 3.37. The third-order valence-corrected chi connectivity index (χ3v) is 4.20. The van der Waals surface area contributed by atoms with Crippen molar-refractivity contribution in [1.29, 1.82) is 0 Å². The lowest BCUT2D eigenvalue weighted by atomic mass is 10.2. The first kappa shape index (κ1) is 16.3. The first-order valence-corrected chi connectivity index (χ1v) is 8.03. The number of carbonyl (C=O) groups is 2. The molecule has 1 atom stereocenters. The van der Waals surface area contributed by atoms with E-state index < -0.39 is 6.04 Å². The molecule has 126 valence electrons. The zero-order valence-corrected chi connectivity index (χ0v) is 14.0. The number of amides is 2. The monoisotopic (exact) mass is 347 g/mol. The summed E-state index contributed by atoms with van der Waals surface area (Å²) in [6.45, 7) is 3.34. The lowest BCUT2D eigenvalue weighted by Crippen LogP contribution is -2.47. The third-order valence-electron chi connectivity index (χ3n) is 3.90. The summed E-state index contributed by atoms with van der Waals surface area (Å²) in [5.41, 5.74) is 1.39. The highest BCUT2D eigenvalue weighted by Crippen LogP contribution is 2.29. The van der Waals surface area contributed by atoms with Crippen molar-refractivity contribution in [3.63, 3.8) is 0 Å². The number of halogens is 1. The van der Waals surface area contributed by atoms with Crippen LogP contribution in [0.15, 0.2) is 36.7 Å². The van der Waals surface area contributed by atoms with Crippen LogP contribution in [0, 0.1) is 0 Å². The van der Waals surface area contributed by atoms with E-state index in [1.165, 1.54) is 0 Å². The molecule has 8 heteroatoms. The van der Waals surface area contributed by atoms with E-state index in [1.807, 2.05) is 11.0 Å². The number of benzene rings is 1. The molecule has 1 saturated heterocycles. The molecule has 24 heavy (non-hydrogen) atoms. The molecule has 2 N–H and O–H groups in total. The van der Waals surface area contributed by atoms with Gasteiger partial charge in [0.2, 0.25) is 11.8 Å². The van der Waals surface area contributed by atoms with Crippen molar-refractivity contribution in [2.75, 3.05) is 29.9 Å². The fraction of sp³-hybridized carbons (Fsp3) is 0.312. The van der Waals surface area contributed by atoms with Gasteiger partial charge in [0.15, 0.2) is 0 Å². The Kier molecular flexibility index (Phi) is 4.71. The molecule has 2 aromatic rings. The highest BCUT2D eigenvalue weighted by atomic mass is 35.5. The summed E-state index contributed by atoms with van der Waals surface area (Å²) >= 11 is 6.33. The molecule has 7 nitrogen and oxygen atoms in total. The average molecular weight is 348 g/mol. The first-order valence-electron chi connectivity index (χ1n) is 7.66. The highest BCUT2D eigenvalue weighted by Gasteiger charge is 2.20. The third kappa shape index (κ3) is 3.51. The Hall–Kier alpha value is -2.54. The second-order valence-corrected chi connectivity index (χ2v) is 6.00. The molecule has 2 heterocycles. The predicted octanol–water partition coefficient (Wildman–Crippen LogP) is 1.67. The van der Waals surface area contributed by atoms with Gasteiger partial charge >= 0.3 is 0 Å². The molecular formula is C16H18ClN5O2. The molecule has 1 fully saturated rings. The van der Waals surface area contributed by atoms with Gasteiger partial charge in [0, 0.05) is 31.2 Å². The highest BCUT2D eigenvalue weighted by molar-refractivity contribution is 6.33. The number of carbonyl (C=O) groups excluding carboxylic acids is 2. The number of nitrogens with one attached hydrogen (secondary N) is 2. The summed E-state index contributed by atoms with van der Waals surface area (Å²) in [7, 11) is 0. The minimum Gasteiger partial charge on any atom is -0.359 e. The molecule has 3 rings (SSSR count). The van der Waals surface area contributed by atoms with Crippen LogP contribution in [0.3, 0.4) is 0 Å². The van der Waals surface area contributed by atoms with Crippen LogP contribution in [-0.4, -0.2) is 41.2 Å². The Balaban J connectivity index is 1.70. The van der Waals surface area contributed by atoms with Crippen molar-refractivity contribution in [3.8, 4) is 0 Å². The zero-order chi connectivity index (χ0) is 17.1. The molecule has 0 spiro atoms. The van der Waals surface area contributed by atoms with Crippen molar-refractivity contribution in [1.82, 2.24) is 15.1 Å². The van der Waals surface area contributed by atoms with Crippen molar-refractivity contribution >= 4 is 34.8 Å². The Morgan fingerprint density at radius 3 is 2.96 bits per heavy atom. The van der Waals surface area contributed by atoms with Gasteiger partial charge in [-0.3, -0.25) is 14.3 Å². The van der Waals surface area contributed by atoms with Gasteiger partial charge in [0.25, 0.3) is 0 Å². The molecule has 2 amide bonds. The van der Waals surface area contributed by atoms with Gasteiger partial charge in [-0.1, -0.05) is 11.6 Å². The van der Waals surface area contributed by atoms with Gasteiger partial charge in [0.1, 0.15) is 6.04 Å². The van der Waals surface area contributed by atoms with Crippen LogP contribution in [-0.2, 0) is 9.59 Å². The Bertz CT molecular complexity index is 747. The van der Waals surface area contributed by atoms with Crippen LogP contribution in [0.4, 0.5) is 11.4 Å². The van der Waals surface area contributed by atoms with Crippen molar-refractivity contribution in [3.05, 3.63) is 41.7 Å². The van der Waals surface area contributed by atoms with Crippen molar-refractivity contribution in [2.45, 2.75) is 13.0 Å². The summed E-state index contributed by atoms with van der Waals surface area (Å²) < 4.78 is 1.58. The van der Waals surface area contributed by atoms with Gasteiger partial charge in [-0.05, 0) is 31.2 Å². The minimum atomic E-state index is -0.427. The van der Waals surface area contributed by atoms with Crippen LogP contribution in [0.2, 0.25) is 5.02 Å². The number of hydrogen-bond donors (Lipinski definition) is 2. The average Bonchev–Trinajstić information content (AvgIpc) is 3.08. The molecule has 1 aliphatic rings. The van der Waals surface area contributed by atoms with Gasteiger partial charge in [-0.2, -0.15) is 5.10 Å². The van der Waals surface area contributed by atoms with E-state index in [2.05, 4.69) is 15.7 Å². The molecule has 0 radical (unpaired) electrons. The molecule has 0 saturated carbocycles. The van der Waals surface area contributed by atoms with E-state index in [-0.39, 0.29) is 18.4 Å². The largest absolute Gasteiger partial charge is 0.359 e. The molecule has 1 aromatic carbocycles. The number of anilines is 2. The smallest absolute Gasteiger partial charge is 0.248 e. The predicted molar refractivity (Wildman–Crippen MR) is 92.2 cm³/mol. The van der Waals surface area contributed by atoms with Crippen molar-refractivity contribution < 1.29 is 9.59 Å². The Morgan fingerprint density at radius 2 is 2.29 bits per heavy atom. The second-order valence-electron chi connectivity index (χ2n) is 5.59. The standard InChI is InChI=1S/C16H18ClN5O2/c1-11(22-7-2-5-19-22)16(24)20-12-3-4-14(13(17)9-12)21-8-6-18-15(23)10-21/h2-5,7,9,11H,6,8,10H2,1H3,(H,18,23)(H,20,24). The normalized spacial score (nSPS) is 15.8. The topological polar surface area (TPSA) is 79.3 Å². The lowest BCUT2D eigenvalue weighted by Gasteiger charge is -2.29. The molecule has 1 aromatic heterocycles. The summed E-state index contributed by atoms with van der Waals surface area (Å²) in [5, 5.41) is 10.2. The van der Waals surface area contributed by atoms with Gasteiger partial charge in [-0.25, -0.2) is 0 Å². The zero-order valence-electron chi connectivity index (χ0n) is 13.2. The number of hydrogen-bond acceptors (Lipinski definition) is 4. The maximum Gasteiger partial charge on any atom is 0.248 e. The van der Waals surface area contributed by atoms with Gasteiger partial charge in [-0.15, -0.1) is 0 Å². The summed E-state index contributed by atoms with van der Waals surface area (Å²) in [6, 6.07) is 6.63. The SMILES string of the molecule is CC(C(=O)Nc1ccc(N2CCNC(=O)C2)c(Cl)c1)n1cccn1. The quantitative estimate of drug-likeness (QED) is 0.881. The van der Waals surface area contributed by atoms with E-state index in [4.69, 9.17) is 11.6 Å². The van der Waals surface area contributed by atoms with E-state index in [0.29, 0.717) is 23.8 Å². The fourth-order valence-electron chi connectivity index (χ4n) is 2.56. The van der Waals surface area contributed by atoms with E-state index in [0.717, 1.165) is 5.69 Å². The molecular weight excluding hydrogens is 330 g/mol. The lowest BCUT2D eigenvalue weighted by molar-refractivity contribution is -0.120. The van der Waals surface area contributed by atoms with Gasteiger partial charge in [0.05, 0.1) is 17.3 Å². The van der Waals surface area contributed by atoms with Crippen LogP contribution in [0.1, 0.15) is 13.0 Å². The van der Waals surface area contributed by atoms with E-state index in [9.17, 15) is 9.59 Å². The maximum atomic E-state index is 12.3. The van der Waals surface area contributed by atoms with Crippen LogP contribution in [0.25, 0.3) is 0 Å². The van der Waals surface area contributed by atoms with Crippen molar-refractivity contribution in [2.24, 2.45) is 0 Å². The van der Waals surface area contributed by atoms with Crippen LogP contribution in [0.5, 0.6) is 0 Å². The second kappa shape index (κ2) is 6.92. The van der Waals surface area contributed by atoms with Gasteiger partial charge < -0.3 is 15.5 Å². The number of aromatic nitrogens is 2. The van der Waals surface area contributed by atoms with E-state index >= 15 is 0 Å². The number of nitrogens with zero attached hydrogens (tertiary/aromatic N) is 3. The first-order chi connectivity index (χ1) is 11.5. The van der Waals surface area contributed by atoms with Crippen LogP contribution < -0.4 is 15.5 Å². The Morgan fingerprint density at radius 1 is 1.46 bits per heavy atom. The van der Waals surface area contributed by atoms with Crippen LogP contribution >= 0.6 is 11.6 Å². The number of rotatable bonds is 4. The molecule has 0 aliphatic carbocycles.